The molecule has 0 bridgehead atoms. The zero-order chi connectivity index (χ0) is 21.2. The molecule has 164 valence electrons. The van der Waals surface area contributed by atoms with Crippen LogP contribution in [0.5, 0.6) is 5.75 Å². The Morgan fingerprint density at radius 3 is 2.27 bits per heavy atom. The molecule has 1 N–H and O–H groups in total. The SMILES string of the molecule is CCCCCC[C@@](O)(c1ccc(OC)cc1)[C@@H](CN1CCCCC1)c1ccccc1. The summed E-state index contributed by atoms with van der Waals surface area (Å²) in [6.45, 7) is 5.41. The highest BCUT2D eigenvalue weighted by atomic mass is 16.5. The molecule has 1 aliphatic rings. The molecule has 1 saturated heterocycles. The van der Waals surface area contributed by atoms with E-state index in [1.807, 2.05) is 12.1 Å². The first-order chi connectivity index (χ1) is 14.7. The number of aliphatic hydroxyl groups is 1. The van der Waals surface area contributed by atoms with E-state index in [0.29, 0.717) is 0 Å². The predicted octanol–water partition coefficient (Wildman–Crippen LogP) is 6.12. The van der Waals surface area contributed by atoms with E-state index >= 15 is 0 Å². The van der Waals surface area contributed by atoms with Gasteiger partial charge in [-0.15, -0.1) is 0 Å². The molecular weight excluding hydrogens is 370 g/mol. The number of hydrogen-bond donors (Lipinski definition) is 1. The first-order valence-electron chi connectivity index (χ1n) is 11.8. The number of piperidine rings is 1. The van der Waals surface area contributed by atoms with Crippen LogP contribution < -0.4 is 4.74 Å². The Labute approximate surface area is 183 Å². The normalized spacial score (nSPS) is 18.0. The second-order valence-corrected chi connectivity index (χ2v) is 8.79. The van der Waals surface area contributed by atoms with Crippen molar-refractivity contribution >= 4 is 0 Å². The van der Waals surface area contributed by atoms with Crippen LogP contribution in [0.15, 0.2) is 54.6 Å². The Morgan fingerprint density at radius 2 is 1.63 bits per heavy atom. The van der Waals surface area contributed by atoms with Gasteiger partial charge in [0.1, 0.15) is 5.75 Å². The van der Waals surface area contributed by atoms with E-state index in [9.17, 15) is 5.11 Å². The number of likely N-dealkylation sites (tertiary alicyclic amines) is 1. The van der Waals surface area contributed by atoms with Crippen molar-refractivity contribution in [2.45, 2.75) is 69.8 Å². The quantitative estimate of drug-likeness (QED) is 0.454. The predicted molar refractivity (Wildman–Crippen MR) is 125 cm³/mol. The Bertz CT molecular complexity index is 724. The summed E-state index contributed by atoms with van der Waals surface area (Å²) in [4.78, 5) is 2.56. The molecule has 3 heteroatoms. The highest BCUT2D eigenvalue weighted by molar-refractivity contribution is 5.35. The third-order valence-electron chi connectivity index (χ3n) is 6.67. The van der Waals surface area contributed by atoms with Crippen molar-refractivity contribution in [3.05, 3.63) is 65.7 Å². The van der Waals surface area contributed by atoms with Crippen LogP contribution in [0.25, 0.3) is 0 Å². The molecule has 1 aliphatic heterocycles. The fourth-order valence-corrected chi connectivity index (χ4v) is 4.84. The van der Waals surface area contributed by atoms with E-state index < -0.39 is 5.60 Å². The molecule has 0 spiro atoms. The van der Waals surface area contributed by atoms with Gasteiger partial charge in [-0.3, -0.25) is 0 Å². The van der Waals surface area contributed by atoms with Crippen LogP contribution in [-0.2, 0) is 5.60 Å². The van der Waals surface area contributed by atoms with Crippen LogP contribution in [0.4, 0.5) is 0 Å². The van der Waals surface area contributed by atoms with Crippen molar-refractivity contribution in [2.24, 2.45) is 0 Å². The maximum atomic E-state index is 12.3. The standard InChI is InChI=1S/C27H39NO2/c1-3-4-5-10-19-27(29,24-15-17-25(30-2)18-16-24)26(23-13-8-6-9-14-23)22-28-20-11-7-12-21-28/h6,8-9,13-18,26,29H,3-5,7,10-12,19-22H2,1-2H3/t26-,27+/m0/s1. The lowest BCUT2D eigenvalue weighted by atomic mass is 9.73. The van der Waals surface area contributed by atoms with E-state index in [1.54, 1.807) is 7.11 Å². The third-order valence-corrected chi connectivity index (χ3v) is 6.67. The average Bonchev–Trinajstić information content (AvgIpc) is 2.81. The smallest absolute Gasteiger partial charge is 0.118 e. The van der Waals surface area contributed by atoms with Crippen LogP contribution in [0, 0.1) is 0 Å². The highest BCUT2D eigenvalue weighted by Gasteiger charge is 2.40. The summed E-state index contributed by atoms with van der Waals surface area (Å²) < 4.78 is 5.37. The van der Waals surface area contributed by atoms with Crippen molar-refractivity contribution in [1.82, 2.24) is 4.90 Å². The molecule has 0 unspecified atom stereocenters. The Morgan fingerprint density at radius 1 is 0.933 bits per heavy atom. The lowest BCUT2D eigenvalue weighted by molar-refractivity contribution is -0.0167. The van der Waals surface area contributed by atoms with Crippen molar-refractivity contribution in [3.63, 3.8) is 0 Å². The first kappa shape index (κ1) is 22.8. The van der Waals surface area contributed by atoms with Gasteiger partial charge in [0.05, 0.1) is 12.7 Å². The summed E-state index contributed by atoms with van der Waals surface area (Å²) in [5, 5.41) is 12.3. The average molecular weight is 410 g/mol. The molecule has 0 aromatic heterocycles. The largest absolute Gasteiger partial charge is 0.497 e. The van der Waals surface area contributed by atoms with Gasteiger partial charge in [0.25, 0.3) is 0 Å². The third kappa shape index (κ3) is 5.86. The zero-order valence-corrected chi connectivity index (χ0v) is 18.9. The van der Waals surface area contributed by atoms with Crippen LogP contribution in [-0.4, -0.2) is 36.8 Å². The van der Waals surface area contributed by atoms with Gasteiger partial charge in [-0.2, -0.15) is 0 Å². The highest BCUT2D eigenvalue weighted by Crippen LogP contribution is 2.42. The van der Waals surface area contributed by atoms with Gasteiger partial charge >= 0.3 is 0 Å². The number of hydrogen-bond acceptors (Lipinski definition) is 3. The summed E-state index contributed by atoms with van der Waals surface area (Å²) >= 11 is 0. The van der Waals surface area contributed by atoms with Gasteiger partial charge in [-0.1, -0.05) is 81.5 Å². The van der Waals surface area contributed by atoms with Crippen LogP contribution >= 0.6 is 0 Å². The summed E-state index contributed by atoms with van der Waals surface area (Å²) in [5.41, 5.74) is 1.35. The molecule has 2 aromatic rings. The molecule has 3 rings (SSSR count). The Hall–Kier alpha value is -1.84. The molecule has 0 aliphatic carbocycles. The van der Waals surface area contributed by atoms with Crippen molar-refractivity contribution in [1.29, 1.82) is 0 Å². The number of unbranched alkanes of at least 4 members (excludes halogenated alkanes) is 3. The lowest BCUT2D eigenvalue weighted by Crippen LogP contribution is -2.42. The van der Waals surface area contributed by atoms with E-state index in [-0.39, 0.29) is 5.92 Å². The topological polar surface area (TPSA) is 32.7 Å². The lowest BCUT2D eigenvalue weighted by Gasteiger charge is -2.41. The maximum Gasteiger partial charge on any atom is 0.118 e. The molecule has 1 fully saturated rings. The molecule has 0 amide bonds. The van der Waals surface area contributed by atoms with Crippen molar-refractivity contribution in [3.8, 4) is 5.75 Å². The van der Waals surface area contributed by atoms with E-state index in [0.717, 1.165) is 43.8 Å². The van der Waals surface area contributed by atoms with Crippen LogP contribution in [0.1, 0.15) is 75.3 Å². The number of benzene rings is 2. The second kappa shape index (κ2) is 11.5. The minimum absolute atomic E-state index is 0.0480. The molecule has 2 atom stereocenters. The van der Waals surface area contributed by atoms with Crippen molar-refractivity contribution in [2.75, 3.05) is 26.7 Å². The molecule has 3 nitrogen and oxygen atoms in total. The molecule has 1 heterocycles. The molecule has 0 saturated carbocycles. The van der Waals surface area contributed by atoms with Crippen LogP contribution in [0.3, 0.4) is 0 Å². The number of ether oxygens (including phenoxy) is 1. The molecule has 30 heavy (non-hydrogen) atoms. The second-order valence-electron chi connectivity index (χ2n) is 8.79. The van der Waals surface area contributed by atoms with Gasteiger partial charge in [0.15, 0.2) is 0 Å². The molecular formula is C27H39NO2. The van der Waals surface area contributed by atoms with Gasteiger partial charge in [-0.05, 0) is 55.6 Å². The van der Waals surface area contributed by atoms with Gasteiger partial charge in [0, 0.05) is 12.5 Å². The van der Waals surface area contributed by atoms with E-state index in [2.05, 4.69) is 54.3 Å². The Balaban J connectivity index is 1.95. The van der Waals surface area contributed by atoms with Gasteiger partial charge in [0.2, 0.25) is 0 Å². The fraction of sp³-hybridized carbons (Fsp3) is 0.556. The summed E-state index contributed by atoms with van der Waals surface area (Å²) in [6, 6.07) is 18.7. The Kier molecular flexibility index (Phi) is 8.77. The summed E-state index contributed by atoms with van der Waals surface area (Å²) in [7, 11) is 1.69. The zero-order valence-electron chi connectivity index (χ0n) is 18.9. The summed E-state index contributed by atoms with van der Waals surface area (Å²) in [6.07, 6.45) is 9.27. The minimum Gasteiger partial charge on any atom is -0.497 e. The van der Waals surface area contributed by atoms with Crippen molar-refractivity contribution < 1.29 is 9.84 Å². The number of rotatable bonds is 11. The van der Waals surface area contributed by atoms with E-state index in [4.69, 9.17) is 4.74 Å². The van der Waals surface area contributed by atoms with Gasteiger partial charge in [-0.25, -0.2) is 0 Å². The van der Waals surface area contributed by atoms with Crippen LogP contribution in [0.2, 0.25) is 0 Å². The maximum absolute atomic E-state index is 12.3. The molecule has 0 radical (unpaired) electrons. The molecule has 2 aromatic carbocycles. The van der Waals surface area contributed by atoms with E-state index in [1.165, 1.54) is 44.1 Å². The first-order valence-corrected chi connectivity index (χ1v) is 11.8. The number of nitrogens with zero attached hydrogens (tertiary/aromatic N) is 1. The number of methoxy groups -OCH3 is 1. The fourth-order valence-electron chi connectivity index (χ4n) is 4.84. The monoisotopic (exact) mass is 409 g/mol. The summed E-state index contributed by atoms with van der Waals surface area (Å²) in [5.74, 6) is 0.881. The van der Waals surface area contributed by atoms with Gasteiger partial charge < -0.3 is 14.7 Å². The minimum atomic E-state index is -0.890.